The van der Waals surface area contributed by atoms with Gasteiger partial charge in [-0.05, 0) is 65.4 Å². The van der Waals surface area contributed by atoms with Gasteiger partial charge in [0.1, 0.15) is 5.52 Å². The first kappa shape index (κ1) is 17.4. The number of carbonyl (C=O) groups excluding carboxylic acids is 1. The maximum Gasteiger partial charge on any atom is 0.323 e. The highest BCUT2D eigenvalue weighted by atomic mass is 127. The molecule has 0 saturated carbocycles. The number of benzene rings is 2. The molecule has 0 bridgehead atoms. The second-order valence-corrected chi connectivity index (χ2v) is 7.97. The molecule has 134 valence electrons. The van der Waals surface area contributed by atoms with Gasteiger partial charge in [-0.15, -0.1) is 0 Å². The van der Waals surface area contributed by atoms with Crippen molar-refractivity contribution in [2.75, 3.05) is 11.9 Å². The molecule has 1 atom stereocenters. The number of alkyl halides is 2. The molecule has 0 radical (unpaired) electrons. The van der Waals surface area contributed by atoms with Crippen molar-refractivity contribution in [3.05, 3.63) is 57.5 Å². The van der Waals surface area contributed by atoms with Gasteiger partial charge in [0.2, 0.25) is 5.91 Å². The Hall–Kier alpha value is -2.03. The van der Waals surface area contributed by atoms with Crippen LogP contribution in [-0.2, 0) is 16.1 Å². The van der Waals surface area contributed by atoms with Gasteiger partial charge in [-0.1, -0.05) is 12.1 Å². The number of amides is 1. The standard InChI is InChI=1S/C19H15F2IN2O2/c1-18(12-9-11(22)7-8-14(12)24(2)17(18)25)10-19(20,21)16-23-13-5-3-4-6-15(13)26-16/h3-9H,10H2,1-2H3. The summed E-state index contributed by atoms with van der Waals surface area (Å²) in [4.78, 5) is 18.2. The summed E-state index contributed by atoms with van der Waals surface area (Å²) < 4.78 is 36.3. The minimum absolute atomic E-state index is 0.303. The summed E-state index contributed by atoms with van der Waals surface area (Å²) in [5.41, 5.74) is 0.586. The molecule has 0 fully saturated rings. The normalized spacial score (nSPS) is 20.0. The second-order valence-electron chi connectivity index (χ2n) is 6.73. The fourth-order valence-corrected chi connectivity index (χ4v) is 4.05. The Morgan fingerprint density at radius 1 is 1.27 bits per heavy atom. The maximum absolute atomic E-state index is 15.1. The predicted molar refractivity (Wildman–Crippen MR) is 102 cm³/mol. The van der Waals surface area contributed by atoms with Crippen molar-refractivity contribution in [2.24, 2.45) is 0 Å². The minimum atomic E-state index is -3.38. The molecule has 4 nitrogen and oxygen atoms in total. The molecule has 26 heavy (non-hydrogen) atoms. The summed E-state index contributed by atoms with van der Waals surface area (Å²) in [6.07, 6.45) is -0.705. The summed E-state index contributed by atoms with van der Waals surface area (Å²) in [6.45, 7) is 1.56. The Labute approximate surface area is 162 Å². The number of para-hydroxylation sites is 2. The van der Waals surface area contributed by atoms with Crippen molar-refractivity contribution in [2.45, 2.75) is 24.7 Å². The number of anilines is 1. The van der Waals surface area contributed by atoms with E-state index in [1.807, 2.05) is 6.07 Å². The van der Waals surface area contributed by atoms with Crippen LogP contribution in [0.1, 0.15) is 24.8 Å². The first-order valence-electron chi connectivity index (χ1n) is 8.04. The fourth-order valence-electron chi connectivity index (χ4n) is 3.56. The van der Waals surface area contributed by atoms with Crippen LogP contribution in [0.15, 0.2) is 46.9 Å². The van der Waals surface area contributed by atoms with Gasteiger partial charge in [0.15, 0.2) is 5.58 Å². The molecular weight excluding hydrogens is 453 g/mol. The van der Waals surface area contributed by atoms with Gasteiger partial charge in [0.05, 0.1) is 5.41 Å². The van der Waals surface area contributed by atoms with Crippen LogP contribution < -0.4 is 4.90 Å². The summed E-state index contributed by atoms with van der Waals surface area (Å²) in [6, 6.07) is 12.1. The first-order chi connectivity index (χ1) is 12.2. The van der Waals surface area contributed by atoms with Gasteiger partial charge in [-0.2, -0.15) is 8.78 Å². The summed E-state index contributed by atoms with van der Waals surface area (Å²) in [5, 5.41) is 0. The topological polar surface area (TPSA) is 46.3 Å². The fraction of sp³-hybridized carbons (Fsp3) is 0.263. The van der Waals surface area contributed by atoms with Crippen molar-refractivity contribution in [1.82, 2.24) is 4.98 Å². The molecule has 2 heterocycles. The number of halogens is 3. The van der Waals surface area contributed by atoms with Crippen LogP contribution in [0.5, 0.6) is 0 Å². The van der Waals surface area contributed by atoms with Gasteiger partial charge in [0.25, 0.3) is 5.89 Å². The third-order valence-corrected chi connectivity index (χ3v) is 5.54. The van der Waals surface area contributed by atoms with Crippen LogP contribution in [0, 0.1) is 3.57 Å². The van der Waals surface area contributed by atoms with E-state index >= 15 is 8.78 Å². The average Bonchev–Trinajstić information content (AvgIpc) is 3.11. The van der Waals surface area contributed by atoms with E-state index in [1.165, 1.54) is 4.90 Å². The lowest BCUT2D eigenvalue weighted by Gasteiger charge is -2.27. The zero-order chi connectivity index (χ0) is 18.7. The van der Waals surface area contributed by atoms with Crippen molar-refractivity contribution < 1.29 is 18.0 Å². The smallest absolute Gasteiger partial charge is 0.323 e. The molecule has 7 heteroatoms. The molecule has 1 aliphatic heterocycles. The third kappa shape index (κ3) is 2.52. The van der Waals surface area contributed by atoms with Gasteiger partial charge in [-0.25, -0.2) is 4.98 Å². The number of fused-ring (bicyclic) bond motifs is 2. The van der Waals surface area contributed by atoms with Gasteiger partial charge < -0.3 is 9.32 Å². The lowest BCUT2D eigenvalue weighted by atomic mass is 9.78. The SMILES string of the molecule is CN1C(=O)C(C)(CC(F)(F)c2nc3ccccc3o2)c2cc(I)ccc21. The zero-order valence-electron chi connectivity index (χ0n) is 14.1. The van der Waals surface area contributed by atoms with E-state index in [2.05, 4.69) is 27.6 Å². The predicted octanol–water partition coefficient (Wildman–Crippen LogP) is 4.85. The zero-order valence-corrected chi connectivity index (χ0v) is 16.3. The van der Waals surface area contributed by atoms with Crippen molar-refractivity contribution in [1.29, 1.82) is 0 Å². The van der Waals surface area contributed by atoms with E-state index in [9.17, 15) is 4.79 Å². The molecule has 2 aromatic carbocycles. The summed E-state index contributed by atoms with van der Waals surface area (Å²) in [5.74, 6) is -4.40. The van der Waals surface area contributed by atoms with Crippen LogP contribution in [0.25, 0.3) is 11.1 Å². The molecule has 0 spiro atoms. The molecule has 0 N–H and O–H groups in total. The third-order valence-electron chi connectivity index (χ3n) is 4.87. The summed E-state index contributed by atoms with van der Waals surface area (Å²) >= 11 is 2.11. The number of aromatic nitrogens is 1. The minimum Gasteiger partial charge on any atom is -0.435 e. The Bertz CT molecular complexity index is 1000. The number of carbonyl (C=O) groups is 1. The number of oxazole rings is 1. The van der Waals surface area contributed by atoms with E-state index in [4.69, 9.17) is 4.42 Å². The number of hydrogen-bond acceptors (Lipinski definition) is 3. The van der Waals surface area contributed by atoms with E-state index < -0.39 is 23.6 Å². The monoisotopic (exact) mass is 468 g/mol. The van der Waals surface area contributed by atoms with Gasteiger partial charge in [-0.3, -0.25) is 4.79 Å². The van der Waals surface area contributed by atoms with Crippen molar-refractivity contribution in [3.63, 3.8) is 0 Å². The number of rotatable bonds is 3. The Balaban J connectivity index is 1.77. The van der Waals surface area contributed by atoms with Gasteiger partial charge >= 0.3 is 5.92 Å². The van der Waals surface area contributed by atoms with Crippen LogP contribution in [0.3, 0.4) is 0 Å². The highest BCUT2D eigenvalue weighted by Gasteiger charge is 2.54. The molecule has 0 aliphatic carbocycles. The molecular formula is C19H15F2IN2O2. The first-order valence-corrected chi connectivity index (χ1v) is 9.12. The van der Waals surface area contributed by atoms with E-state index in [1.54, 1.807) is 50.4 Å². The van der Waals surface area contributed by atoms with E-state index in [-0.39, 0.29) is 5.91 Å². The van der Waals surface area contributed by atoms with Crippen molar-refractivity contribution in [3.8, 4) is 0 Å². The quantitative estimate of drug-likeness (QED) is 0.517. The van der Waals surface area contributed by atoms with Gasteiger partial charge in [0, 0.05) is 22.7 Å². The highest BCUT2D eigenvalue weighted by molar-refractivity contribution is 14.1. The largest absolute Gasteiger partial charge is 0.435 e. The molecule has 0 saturated heterocycles. The molecule has 1 amide bonds. The van der Waals surface area contributed by atoms with E-state index in [0.29, 0.717) is 22.4 Å². The number of likely N-dealkylation sites (N-methyl/N-ethyl adjacent to an activating group) is 1. The average molecular weight is 468 g/mol. The molecule has 1 aromatic heterocycles. The highest BCUT2D eigenvalue weighted by Crippen LogP contribution is 2.49. The second kappa shape index (κ2) is 5.73. The van der Waals surface area contributed by atoms with Crippen LogP contribution in [-0.4, -0.2) is 17.9 Å². The molecule has 4 rings (SSSR count). The molecule has 1 unspecified atom stereocenters. The maximum atomic E-state index is 15.1. The van der Waals surface area contributed by atoms with Crippen LogP contribution in [0.2, 0.25) is 0 Å². The molecule has 1 aliphatic rings. The van der Waals surface area contributed by atoms with Crippen LogP contribution in [0.4, 0.5) is 14.5 Å². The Morgan fingerprint density at radius 3 is 2.73 bits per heavy atom. The van der Waals surface area contributed by atoms with Crippen molar-refractivity contribution >= 4 is 45.3 Å². The number of hydrogen-bond donors (Lipinski definition) is 0. The lowest BCUT2D eigenvalue weighted by molar-refractivity contribution is -0.128. The van der Waals surface area contributed by atoms with E-state index in [0.717, 1.165) is 3.57 Å². The van der Waals surface area contributed by atoms with Crippen LogP contribution >= 0.6 is 22.6 Å². The Kier molecular flexibility index (Phi) is 3.83. The molecule has 3 aromatic rings. The Morgan fingerprint density at radius 2 is 2.00 bits per heavy atom. The number of nitrogens with zero attached hydrogens (tertiary/aromatic N) is 2. The summed E-state index contributed by atoms with van der Waals surface area (Å²) in [7, 11) is 1.61. The lowest BCUT2D eigenvalue weighted by Crippen LogP contribution is -2.40.